The molecule has 0 saturated heterocycles. The van der Waals surface area contributed by atoms with Gasteiger partial charge in [0.2, 0.25) is 0 Å². The van der Waals surface area contributed by atoms with Gasteiger partial charge >= 0.3 is 6.18 Å². The lowest BCUT2D eigenvalue weighted by atomic mass is 10.1. The predicted molar refractivity (Wildman–Crippen MR) is 77.9 cm³/mol. The molecule has 0 aliphatic heterocycles. The van der Waals surface area contributed by atoms with Gasteiger partial charge in [0.1, 0.15) is 17.0 Å². The van der Waals surface area contributed by atoms with Crippen molar-refractivity contribution in [2.75, 3.05) is 0 Å². The molecule has 0 fully saturated rings. The molecule has 2 heterocycles. The fraction of sp³-hybridized carbons (Fsp3) is 0.167. The number of aliphatic hydroxyl groups excluding tert-OH is 1. The molecule has 21 heavy (non-hydrogen) atoms. The Morgan fingerprint density at radius 1 is 1.24 bits per heavy atom. The van der Waals surface area contributed by atoms with Crippen molar-refractivity contribution in [3.63, 3.8) is 0 Å². The normalized spacial score (nSPS) is 13.3. The SMILES string of the molecule is OC(c1ccc(C(F)(F)F)nc1Cl)c1ncc(Br)cc1Br. The number of nitrogens with zero attached hydrogens (tertiary/aromatic N) is 2. The Kier molecular flexibility index (Phi) is 4.92. The molecule has 2 aromatic rings. The van der Waals surface area contributed by atoms with Crippen LogP contribution >= 0.6 is 43.5 Å². The number of pyridine rings is 2. The summed E-state index contributed by atoms with van der Waals surface area (Å²) in [6.45, 7) is 0. The van der Waals surface area contributed by atoms with Crippen LogP contribution in [0, 0.1) is 0 Å². The zero-order chi connectivity index (χ0) is 15.8. The maximum atomic E-state index is 12.5. The van der Waals surface area contributed by atoms with Gasteiger partial charge < -0.3 is 5.11 Å². The van der Waals surface area contributed by atoms with Crippen molar-refractivity contribution in [2.24, 2.45) is 0 Å². The van der Waals surface area contributed by atoms with Crippen molar-refractivity contribution in [1.29, 1.82) is 0 Å². The molecule has 1 unspecified atom stereocenters. The average molecular weight is 446 g/mol. The Labute approximate surface area is 139 Å². The molecule has 3 nitrogen and oxygen atoms in total. The molecule has 0 radical (unpaired) electrons. The third-order valence-corrected chi connectivity index (χ3v) is 3.93. The van der Waals surface area contributed by atoms with E-state index in [1.807, 2.05) is 0 Å². The number of aliphatic hydroxyl groups is 1. The molecule has 0 spiro atoms. The van der Waals surface area contributed by atoms with Crippen molar-refractivity contribution in [3.05, 3.63) is 55.4 Å². The topological polar surface area (TPSA) is 46.0 Å². The highest BCUT2D eigenvalue weighted by Crippen LogP contribution is 2.34. The zero-order valence-electron chi connectivity index (χ0n) is 10.00. The second-order valence-corrected chi connectivity index (χ2v) is 6.13. The molecular weight excluding hydrogens is 440 g/mol. The van der Waals surface area contributed by atoms with Gasteiger partial charge in [-0.2, -0.15) is 13.2 Å². The number of aromatic nitrogens is 2. The van der Waals surface area contributed by atoms with Crippen molar-refractivity contribution in [3.8, 4) is 0 Å². The highest BCUT2D eigenvalue weighted by Gasteiger charge is 2.33. The van der Waals surface area contributed by atoms with E-state index in [-0.39, 0.29) is 11.3 Å². The van der Waals surface area contributed by atoms with Crippen LogP contribution in [0.4, 0.5) is 13.2 Å². The minimum atomic E-state index is -4.59. The predicted octanol–water partition coefficient (Wildman–Crippen LogP) is 4.76. The summed E-state index contributed by atoms with van der Waals surface area (Å²) in [6.07, 6.45) is -4.44. The van der Waals surface area contributed by atoms with Gasteiger partial charge in [-0.1, -0.05) is 17.7 Å². The molecule has 1 N–H and O–H groups in total. The van der Waals surface area contributed by atoms with E-state index in [2.05, 4.69) is 41.8 Å². The summed E-state index contributed by atoms with van der Waals surface area (Å²) in [5, 5.41) is 9.80. The fourth-order valence-corrected chi connectivity index (χ4v) is 3.04. The number of alkyl halides is 3. The fourth-order valence-electron chi connectivity index (χ4n) is 1.58. The Morgan fingerprint density at radius 3 is 2.43 bits per heavy atom. The number of hydrogen-bond acceptors (Lipinski definition) is 3. The molecule has 0 aromatic carbocycles. The van der Waals surface area contributed by atoms with Gasteiger partial charge in [-0.25, -0.2) is 4.98 Å². The molecule has 0 aliphatic rings. The van der Waals surface area contributed by atoms with Crippen LogP contribution in [0.2, 0.25) is 5.15 Å². The monoisotopic (exact) mass is 444 g/mol. The molecule has 0 bridgehead atoms. The maximum Gasteiger partial charge on any atom is 0.433 e. The van der Waals surface area contributed by atoms with Gasteiger partial charge in [0.05, 0.1) is 5.69 Å². The van der Waals surface area contributed by atoms with Crippen LogP contribution in [-0.2, 0) is 6.18 Å². The summed E-state index contributed by atoms with van der Waals surface area (Å²) in [6, 6.07) is 3.49. The molecule has 1 atom stereocenters. The van der Waals surface area contributed by atoms with E-state index in [4.69, 9.17) is 11.6 Å². The van der Waals surface area contributed by atoms with Crippen LogP contribution in [-0.4, -0.2) is 15.1 Å². The molecule has 9 heteroatoms. The van der Waals surface area contributed by atoms with Crippen molar-refractivity contribution >= 4 is 43.5 Å². The highest BCUT2D eigenvalue weighted by molar-refractivity contribution is 9.11. The second-order valence-electron chi connectivity index (χ2n) is 4.00. The molecule has 0 amide bonds. The summed E-state index contributed by atoms with van der Waals surface area (Å²) in [4.78, 5) is 7.28. The lowest BCUT2D eigenvalue weighted by Gasteiger charge is -2.15. The molecular formula is C12H6Br2ClF3N2O. The Balaban J connectivity index is 2.42. The van der Waals surface area contributed by atoms with Gasteiger partial charge in [-0.3, -0.25) is 4.98 Å². The van der Waals surface area contributed by atoms with E-state index in [0.29, 0.717) is 8.95 Å². The van der Waals surface area contributed by atoms with Gasteiger partial charge in [-0.05, 0) is 44.0 Å². The Morgan fingerprint density at radius 2 is 1.90 bits per heavy atom. The minimum Gasteiger partial charge on any atom is -0.382 e. The first-order valence-electron chi connectivity index (χ1n) is 5.43. The van der Waals surface area contributed by atoms with Gasteiger partial charge in [0, 0.05) is 20.7 Å². The smallest absolute Gasteiger partial charge is 0.382 e. The van der Waals surface area contributed by atoms with Gasteiger partial charge in [0.25, 0.3) is 0 Å². The summed E-state index contributed by atoms with van der Waals surface area (Å²) in [5.41, 5.74) is -0.854. The third kappa shape index (κ3) is 3.74. The van der Waals surface area contributed by atoms with Crippen LogP contribution in [0.3, 0.4) is 0 Å². The number of halogens is 6. The second kappa shape index (κ2) is 6.20. The van der Waals surface area contributed by atoms with E-state index in [9.17, 15) is 18.3 Å². The molecule has 2 rings (SSSR count). The summed E-state index contributed by atoms with van der Waals surface area (Å²) < 4.78 is 38.7. The van der Waals surface area contributed by atoms with Crippen molar-refractivity contribution < 1.29 is 18.3 Å². The van der Waals surface area contributed by atoms with E-state index in [1.54, 1.807) is 6.07 Å². The van der Waals surface area contributed by atoms with E-state index in [0.717, 1.165) is 12.1 Å². The first kappa shape index (κ1) is 16.7. The zero-order valence-corrected chi connectivity index (χ0v) is 13.9. The number of rotatable bonds is 2. The summed E-state index contributed by atoms with van der Waals surface area (Å²) in [5.74, 6) is 0. The van der Waals surface area contributed by atoms with Crippen molar-refractivity contribution in [2.45, 2.75) is 12.3 Å². The Hall–Kier alpha value is -0.700. The lowest BCUT2D eigenvalue weighted by molar-refractivity contribution is -0.141. The standard InChI is InChI=1S/C12H6Br2ClF3N2O/c13-5-3-7(14)9(19-4-5)10(21)6-1-2-8(12(16,17)18)20-11(6)15/h1-4,10,21H. The van der Waals surface area contributed by atoms with E-state index in [1.165, 1.54) is 6.20 Å². The van der Waals surface area contributed by atoms with Crippen LogP contribution in [0.15, 0.2) is 33.3 Å². The first-order valence-corrected chi connectivity index (χ1v) is 7.39. The quantitative estimate of drug-likeness (QED) is 0.677. The van der Waals surface area contributed by atoms with E-state index < -0.39 is 23.1 Å². The highest BCUT2D eigenvalue weighted by atomic mass is 79.9. The summed E-state index contributed by atoms with van der Waals surface area (Å²) >= 11 is 12.2. The van der Waals surface area contributed by atoms with Crippen molar-refractivity contribution in [1.82, 2.24) is 9.97 Å². The van der Waals surface area contributed by atoms with Crippen LogP contribution in [0.1, 0.15) is 23.1 Å². The largest absolute Gasteiger partial charge is 0.433 e. The average Bonchev–Trinajstić information content (AvgIpc) is 2.36. The van der Waals surface area contributed by atoms with Crippen LogP contribution in [0.5, 0.6) is 0 Å². The van der Waals surface area contributed by atoms with Crippen LogP contribution in [0.25, 0.3) is 0 Å². The van der Waals surface area contributed by atoms with E-state index >= 15 is 0 Å². The molecule has 0 aliphatic carbocycles. The molecule has 112 valence electrons. The first-order chi connectivity index (χ1) is 9.70. The Bertz CT molecular complexity index is 682. The lowest BCUT2D eigenvalue weighted by Crippen LogP contribution is -2.11. The third-order valence-electron chi connectivity index (χ3n) is 2.56. The molecule has 0 saturated carbocycles. The molecule has 2 aromatic heterocycles. The van der Waals surface area contributed by atoms with Crippen LogP contribution < -0.4 is 0 Å². The minimum absolute atomic E-state index is 0.0418. The maximum absolute atomic E-state index is 12.5. The van der Waals surface area contributed by atoms with Gasteiger partial charge in [0.15, 0.2) is 0 Å². The summed E-state index contributed by atoms with van der Waals surface area (Å²) in [7, 11) is 0. The van der Waals surface area contributed by atoms with Gasteiger partial charge in [-0.15, -0.1) is 0 Å². The number of hydrogen-bond donors (Lipinski definition) is 1.